The van der Waals surface area contributed by atoms with Gasteiger partial charge in [-0.25, -0.2) is 9.67 Å². The van der Waals surface area contributed by atoms with E-state index >= 15 is 0 Å². The van der Waals surface area contributed by atoms with Crippen LogP contribution in [0.5, 0.6) is 0 Å². The largest absolute Gasteiger partial charge is 0.388 e. The van der Waals surface area contributed by atoms with Gasteiger partial charge in [-0.2, -0.15) is 15.7 Å². The van der Waals surface area contributed by atoms with Crippen LogP contribution in [0, 0.1) is 0 Å². The predicted molar refractivity (Wildman–Crippen MR) is 124 cm³/mol. The number of aryl methyl sites for hydroxylation is 1. The number of nitrogens with one attached hydrogen (secondary N) is 2. The maximum absolute atomic E-state index is 11.3. The first kappa shape index (κ1) is 21.5. The molecule has 11 heteroatoms. The van der Waals surface area contributed by atoms with Crippen LogP contribution in [-0.4, -0.2) is 64.7 Å². The number of aromatic nitrogens is 3. The maximum atomic E-state index is 11.3. The highest BCUT2D eigenvalue weighted by atomic mass is 32.3. The third kappa shape index (κ3) is 3.93. The molecule has 1 saturated heterocycles. The summed E-state index contributed by atoms with van der Waals surface area (Å²) in [5.41, 5.74) is 3.11. The van der Waals surface area contributed by atoms with Gasteiger partial charge in [0, 0.05) is 68.1 Å². The molecule has 0 aromatic carbocycles. The molecule has 2 aromatic rings. The molecule has 0 radical (unpaired) electrons. The van der Waals surface area contributed by atoms with Gasteiger partial charge >= 0.3 is 0 Å². The van der Waals surface area contributed by atoms with Crippen molar-refractivity contribution in [1.82, 2.24) is 20.1 Å². The number of hydrogen-bond acceptors (Lipinski definition) is 8. The zero-order valence-electron chi connectivity index (χ0n) is 18.4. The zero-order chi connectivity index (χ0) is 22.5. The van der Waals surface area contributed by atoms with E-state index in [1.54, 1.807) is 0 Å². The molecule has 174 valence electrons. The Balaban J connectivity index is 1.41. The number of carbonyl (C=O) groups excluding carboxylic acids is 1. The van der Waals surface area contributed by atoms with Gasteiger partial charge in [0.1, 0.15) is 5.60 Å². The monoisotopic (exact) mass is 462 g/mol. The van der Waals surface area contributed by atoms with Gasteiger partial charge in [0.15, 0.2) is 5.65 Å². The highest BCUT2D eigenvalue weighted by Gasteiger charge is 2.51. The summed E-state index contributed by atoms with van der Waals surface area (Å²) in [6, 6.07) is 0.263. The summed E-state index contributed by atoms with van der Waals surface area (Å²) >= 11 is 0. The summed E-state index contributed by atoms with van der Waals surface area (Å²) < 4.78 is 21.8. The fourth-order valence-electron chi connectivity index (χ4n) is 5.00. The van der Waals surface area contributed by atoms with E-state index in [2.05, 4.69) is 25.9 Å². The minimum absolute atomic E-state index is 0.0258. The van der Waals surface area contributed by atoms with Crippen LogP contribution in [0.25, 0.3) is 11.0 Å². The van der Waals surface area contributed by atoms with E-state index < -0.39 is 10.6 Å². The highest BCUT2D eigenvalue weighted by Crippen LogP contribution is 2.46. The molecule has 4 N–H and O–H groups in total. The van der Waals surface area contributed by atoms with Gasteiger partial charge < -0.3 is 15.5 Å². The molecule has 1 amide bonds. The lowest BCUT2D eigenvalue weighted by atomic mass is 9.72. The maximum Gasteiger partial charge on any atom is 0.217 e. The number of anilines is 1. The molecule has 4 heterocycles. The van der Waals surface area contributed by atoms with Crippen LogP contribution in [0.3, 0.4) is 0 Å². The van der Waals surface area contributed by atoms with Gasteiger partial charge in [-0.3, -0.25) is 13.9 Å². The Labute approximate surface area is 188 Å². The summed E-state index contributed by atoms with van der Waals surface area (Å²) in [7, 11) is -2.44. The molecule has 0 atom stereocenters. The molecule has 1 spiro atoms. The number of hydrogen-bond donors (Lipinski definition) is 4. The molecule has 1 aliphatic carbocycles. The SMILES string of the molecule is CCn1ncc2c(NC3CCS(O)(O)CC3)c(C3=NOC4(C3)CC(NC(C)=O)C4)cnc21. The number of carbonyl (C=O) groups is 1. The summed E-state index contributed by atoms with van der Waals surface area (Å²) in [6.07, 6.45) is 7.20. The number of pyridine rings is 1. The molecule has 1 saturated carbocycles. The van der Waals surface area contributed by atoms with E-state index in [-0.39, 0.29) is 23.6 Å². The van der Waals surface area contributed by atoms with Crippen molar-refractivity contribution < 1.29 is 18.7 Å². The Bertz CT molecular complexity index is 1070. The van der Waals surface area contributed by atoms with Crippen molar-refractivity contribution in [2.24, 2.45) is 5.16 Å². The molecule has 5 rings (SSSR count). The molecule has 2 aromatic heterocycles. The number of rotatable bonds is 5. The van der Waals surface area contributed by atoms with Gasteiger partial charge in [0.2, 0.25) is 5.91 Å². The minimum atomic E-state index is -2.44. The van der Waals surface area contributed by atoms with E-state index in [1.807, 2.05) is 24.0 Å². The van der Waals surface area contributed by atoms with Crippen LogP contribution in [-0.2, 0) is 16.2 Å². The first-order valence-corrected chi connectivity index (χ1v) is 13.0. The Hall–Kier alpha value is -2.37. The predicted octanol–water partition coefficient (Wildman–Crippen LogP) is 2.94. The second kappa shape index (κ2) is 7.89. The quantitative estimate of drug-likeness (QED) is 0.537. The van der Waals surface area contributed by atoms with Crippen molar-refractivity contribution >= 4 is 38.9 Å². The van der Waals surface area contributed by atoms with Crippen LogP contribution in [0.15, 0.2) is 17.5 Å². The van der Waals surface area contributed by atoms with E-state index in [1.165, 1.54) is 6.92 Å². The zero-order valence-corrected chi connectivity index (χ0v) is 19.2. The molecular weight excluding hydrogens is 432 g/mol. The smallest absolute Gasteiger partial charge is 0.217 e. The Morgan fingerprint density at radius 3 is 2.72 bits per heavy atom. The molecule has 3 aliphatic rings. The Kier molecular flexibility index (Phi) is 5.30. The molecule has 10 nitrogen and oxygen atoms in total. The third-order valence-electron chi connectivity index (χ3n) is 6.69. The van der Waals surface area contributed by atoms with E-state index in [4.69, 9.17) is 4.84 Å². The van der Waals surface area contributed by atoms with Crippen molar-refractivity contribution in [3.63, 3.8) is 0 Å². The summed E-state index contributed by atoms with van der Waals surface area (Å²) in [5, 5.41) is 16.4. The second-order valence-electron chi connectivity index (χ2n) is 9.17. The lowest BCUT2D eigenvalue weighted by Gasteiger charge is -2.42. The normalized spacial score (nSPS) is 23.4. The van der Waals surface area contributed by atoms with Crippen LogP contribution in [0.1, 0.15) is 51.5 Å². The van der Waals surface area contributed by atoms with E-state index in [0.717, 1.165) is 47.4 Å². The molecule has 0 unspecified atom stereocenters. The fraction of sp³-hybridized carbons (Fsp3) is 0.619. The number of oxime groups is 1. The number of amides is 1. The standard InChI is InChI=1S/C21H30N6O4S/c1-3-27-20-17(12-23-27)19(25-14-4-6-32(29,30)7-5-14)16(11-22-20)18-10-21(31-26-18)8-15(9-21)24-13(2)28/h11-12,14-15,29-30H,3-10H2,1-2H3,(H,22,25)(H,24,28). The molecule has 2 aliphatic heterocycles. The van der Waals surface area contributed by atoms with Crippen LogP contribution in [0.4, 0.5) is 5.69 Å². The Morgan fingerprint density at radius 2 is 2.03 bits per heavy atom. The van der Waals surface area contributed by atoms with Crippen LogP contribution >= 0.6 is 10.6 Å². The molecule has 2 fully saturated rings. The first-order chi connectivity index (χ1) is 15.3. The van der Waals surface area contributed by atoms with Crippen LogP contribution < -0.4 is 10.6 Å². The van der Waals surface area contributed by atoms with Crippen molar-refractivity contribution in [2.75, 3.05) is 16.8 Å². The summed E-state index contributed by atoms with van der Waals surface area (Å²) in [6.45, 7) is 4.28. The first-order valence-electron chi connectivity index (χ1n) is 11.1. The van der Waals surface area contributed by atoms with Crippen molar-refractivity contribution in [3.05, 3.63) is 18.0 Å². The lowest BCUT2D eigenvalue weighted by molar-refractivity contribution is -0.126. The van der Waals surface area contributed by atoms with Crippen molar-refractivity contribution in [1.29, 1.82) is 0 Å². The van der Waals surface area contributed by atoms with Gasteiger partial charge in [-0.05, 0) is 19.8 Å². The average molecular weight is 463 g/mol. The number of nitrogens with zero attached hydrogens (tertiary/aromatic N) is 4. The summed E-state index contributed by atoms with van der Waals surface area (Å²) in [5.74, 6) is 0.808. The lowest BCUT2D eigenvalue weighted by Crippen LogP contribution is -2.54. The second-order valence-corrected chi connectivity index (χ2v) is 11.6. The van der Waals surface area contributed by atoms with Crippen molar-refractivity contribution in [3.8, 4) is 0 Å². The topological polar surface area (TPSA) is 134 Å². The minimum Gasteiger partial charge on any atom is -0.388 e. The van der Waals surface area contributed by atoms with E-state index in [9.17, 15) is 13.9 Å². The van der Waals surface area contributed by atoms with Crippen LogP contribution in [0.2, 0.25) is 0 Å². The van der Waals surface area contributed by atoms with Gasteiger partial charge in [0.25, 0.3) is 0 Å². The molecular formula is C21H30N6O4S. The average Bonchev–Trinajstić information content (AvgIpc) is 3.34. The summed E-state index contributed by atoms with van der Waals surface area (Å²) in [4.78, 5) is 21.9. The molecule has 32 heavy (non-hydrogen) atoms. The number of fused-ring (bicyclic) bond motifs is 1. The van der Waals surface area contributed by atoms with Gasteiger partial charge in [-0.15, -0.1) is 0 Å². The fourth-order valence-corrected chi connectivity index (χ4v) is 6.53. The highest BCUT2D eigenvalue weighted by molar-refractivity contribution is 8.24. The Morgan fingerprint density at radius 1 is 1.28 bits per heavy atom. The van der Waals surface area contributed by atoms with Gasteiger partial charge in [0.05, 0.1) is 23.0 Å². The third-order valence-corrected chi connectivity index (χ3v) is 8.47. The van der Waals surface area contributed by atoms with Crippen molar-refractivity contribution in [2.45, 2.75) is 70.2 Å². The molecule has 0 bridgehead atoms. The van der Waals surface area contributed by atoms with Gasteiger partial charge in [-0.1, -0.05) is 5.16 Å². The van der Waals surface area contributed by atoms with E-state index in [0.29, 0.717) is 30.8 Å².